The van der Waals surface area contributed by atoms with Crippen LogP contribution >= 0.6 is 0 Å². The first kappa shape index (κ1) is 24.7. The van der Waals surface area contributed by atoms with Crippen LogP contribution in [0.1, 0.15) is 106 Å². The number of aliphatic hydroxyl groups excluding tert-OH is 1. The maximum absolute atomic E-state index is 11.9. The minimum atomic E-state index is -0.126. The van der Waals surface area contributed by atoms with Crippen LogP contribution < -0.4 is 0 Å². The lowest BCUT2D eigenvalue weighted by molar-refractivity contribution is -0.240. The Balaban J connectivity index is 1.37. The molecule has 5 aliphatic carbocycles. The number of fused-ring (bicyclic) bond motifs is 7. The molecule has 6 fully saturated rings. The molecule has 12 atom stereocenters. The zero-order valence-electron chi connectivity index (χ0n) is 23.2. The Hall–Kier alpha value is -0.610. The Morgan fingerprint density at radius 1 is 0.886 bits per heavy atom. The third-order valence-electron chi connectivity index (χ3n) is 14.1. The van der Waals surface area contributed by atoms with Gasteiger partial charge in [-0.15, -0.1) is 0 Å². The minimum Gasteiger partial charge on any atom is -0.465 e. The van der Waals surface area contributed by atoms with Gasteiger partial charge >= 0.3 is 5.97 Å². The topological polar surface area (TPSA) is 59.1 Å². The van der Waals surface area contributed by atoms with Crippen LogP contribution in [0.5, 0.6) is 0 Å². The van der Waals surface area contributed by atoms with Crippen molar-refractivity contribution in [3.63, 3.8) is 0 Å². The Morgan fingerprint density at radius 3 is 2.29 bits per heavy atom. The van der Waals surface area contributed by atoms with Crippen LogP contribution in [0.25, 0.3) is 0 Å². The van der Waals surface area contributed by atoms with Crippen molar-refractivity contribution in [3.05, 3.63) is 0 Å². The van der Waals surface area contributed by atoms with Crippen LogP contribution in [0.3, 0.4) is 0 Å². The van der Waals surface area contributed by atoms with E-state index >= 15 is 0 Å². The average Bonchev–Trinajstić information content (AvgIpc) is 3.42. The molecule has 0 aromatic carbocycles. The fourth-order valence-electron chi connectivity index (χ4n) is 11.8. The van der Waals surface area contributed by atoms with E-state index in [0.717, 1.165) is 18.9 Å². The Kier molecular flexibility index (Phi) is 5.45. The highest BCUT2D eigenvalue weighted by Crippen LogP contribution is 2.77. The van der Waals surface area contributed by atoms with Crippen molar-refractivity contribution in [2.45, 2.75) is 117 Å². The van der Waals surface area contributed by atoms with E-state index in [-0.39, 0.29) is 23.1 Å². The van der Waals surface area contributed by atoms with Crippen LogP contribution in [0, 0.1) is 57.2 Å². The van der Waals surface area contributed by atoms with Crippen molar-refractivity contribution in [1.29, 1.82) is 0 Å². The van der Waals surface area contributed by atoms with E-state index < -0.39 is 0 Å². The largest absolute Gasteiger partial charge is 0.465 e. The van der Waals surface area contributed by atoms with Crippen molar-refractivity contribution in [2.75, 3.05) is 13.2 Å². The van der Waals surface area contributed by atoms with E-state index in [1.165, 1.54) is 57.8 Å². The summed E-state index contributed by atoms with van der Waals surface area (Å²) in [7, 11) is 0. The first-order chi connectivity index (χ1) is 16.4. The maximum Gasteiger partial charge on any atom is 0.302 e. The second-order valence-corrected chi connectivity index (χ2v) is 15.1. The predicted octanol–water partition coefficient (Wildman–Crippen LogP) is 6.39. The van der Waals surface area contributed by atoms with Gasteiger partial charge in [-0.25, -0.2) is 0 Å². The monoisotopic (exact) mass is 486 g/mol. The Morgan fingerprint density at radius 2 is 1.60 bits per heavy atom. The molecule has 1 saturated heterocycles. The molecule has 0 aromatic rings. The van der Waals surface area contributed by atoms with Gasteiger partial charge in [0.2, 0.25) is 0 Å². The number of carbonyl (C=O) groups is 1. The van der Waals surface area contributed by atoms with Crippen LogP contribution in [-0.2, 0) is 14.3 Å². The highest BCUT2D eigenvalue weighted by molar-refractivity contribution is 5.65. The lowest BCUT2D eigenvalue weighted by Crippen LogP contribution is -2.66. The fourth-order valence-corrected chi connectivity index (χ4v) is 11.8. The molecule has 5 unspecified atom stereocenters. The molecule has 4 heteroatoms. The smallest absolute Gasteiger partial charge is 0.302 e. The molecule has 5 saturated carbocycles. The zero-order chi connectivity index (χ0) is 25.0. The van der Waals surface area contributed by atoms with E-state index in [9.17, 15) is 9.90 Å². The third kappa shape index (κ3) is 3.20. The molecular weight excluding hydrogens is 436 g/mol. The van der Waals surface area contributed by atoms with E-state index in [2.05, 4.69) is 34.6 Å². The molecule has 0 aromatic heterocycles. The van der Waals surface area contributed by atoms with Gasteiger partial charge in [-0.2, -0.15) is 0 Å². The Bertz CT molecular complexity index is 881. The molecule has 0 bridgehead atoms. The van der Waals surface area contributed by atoms with Gasteiger partial charge in [0.25, 0.3) is 0 Å². The average molecular weight is 487 g/mol. The quantitative estimate of drug-likeness (QED) is 0.371. The number of esters is 1. The van der Waals surface area contributed by atoms with Gasteiger partial charge in [0, 0.05) is 12.3 Å². The van der Waals surface area contributed by atoms with Gasteiger partial charge in [-0.1, -0.05) is 27.7 Å². The highest BCUT2D eigenvalue weighted by atomic mass is 16.6. The molecule has 0 amide bonds. The second-order valence-electron chi connectivity index (χ2n) is 15.1. The molecular formula is C31H50O4. The van der Waals surface area contributed by atoms with Gasteiger partial charge in [0.05, 0.1) is 24.9 Å². The summed E-state index contributed by atoms with van der Waals surface area (Å²) in [6.45, 7) is 15.7. The molecule has 1 N–H and O–H groups in total. The summed E-state index contributed by atoms with van der Waals surface area (Å²) >= 11 is 0. The molecule has 1 aliphatic heterocycles. The first-order valence-electron chi connectivity index (χ1n) is 14.9. The van der Waals surface area contributed by atoms with E-state index in [4.69, 9.17) is 9.47 Å². The lowest BCUT2D eigenvalue weighted by atomic mass is 9.33. The van der Waals surface area contributed by atoms with Crippen molar-refractivity contribution < 1.29 is 19.4 Å². The van der Waals surface area contributed by atoms with Crippen molar-refractivity contribution in [1.82, 2.24) is 0 Å². The molecule has 4 nitrogen and oxygen atoms in total. The number of hydrogen-bond donors (Lipinski definition) is 1. The van der Waals surface area contributed by atoms with Gasteiger partial charge in [-0.3, -0.25) is 4.79 Å². The summed E-state index contributed by atoms with van der Waals surface area (Å²) in [4.78, 5) is 11.9. The van der Waals surface area contributed by atoms with E-state index in [0.29, 0.717) is 52.4 Å². The number of hydrogen-bond acceptors (Lipinski definition) is 4. The van der Waals surface area contributed by atoms with Crippen LogP contribution in [0.2, 0.25) is 0 Å². The molecule has 35 heavy (non-hydrogen) atoms. The fraction of sp³-hybridized carbons (Fsp3) is 0.968. The summed E-state index contributed by atoms with van der Waals surface area (Å²) in [5, 5.41) is 10.7. The molecule has 198 valence electrons. The maximum atomic E-state index is 11.9. The number of rotatable bonds is 3. The zero-order valence-corrected chi connectivity index (χ0v) is 23.2. The lowest BCUT2D eigenvalue weighted by Gasteiger charge is -2.72. The standard InChI is InChI=1S/C31H50O4/c1-19-21-9-13-29(5)25(27(21,3)12-11-24(19)33)8-7-22-26-23(30(6)17-35-30)10-14-31(26,18-34-20(2)32)16-15-28(22,29)4/h19,21-26,33H,7-18H2,1-6H3/t19-,21?,22?,23?,24+,25?,26?,27+,28-,29-,30-,31-/m1/s1. The van der Waals surface area contributed by atoms with Gasteiger partial charge in [0.15, 0.2) is 0 Å². The van der Waals surface area contributed by atoms with Crippen molar-refractivity contribution >= 4 is 5.97 Å². The molecule has 0 radical (unpaired) electrons. The summed E-state index contributed by atoms with van der Waals surface area (Å²) < 4.78 is 11.9. The Labute approximate surface area is 213 Å². The summed E-state index contributed by atoms with van der Waals surface area (Å²) in [5.41, 5.74) is 1.20. The SMILES string of the molecule is CC(=O)OC[C@]12CCC([C@@]3(C)CO3)C1C1CCC3[C@@]4(C)CC[C@H](O)[C@H](C)C4CC[C@@]3(C)[C@]1(C)CC2. The number of ether oxygens (including phenoxy) is 2. The van der Waals surface area contributed by atoms with Gasteiger partial charge < -0.3 is 14.6 Å². The molecule has 6 rings (SSSR count). The minimum absolute atomic E-state index is 0.0389. The third-order valence-corrected chi connectivity index (χ3v) is 14.1. The first-order valence-corrected chi connectivity index (χ1v) is 14.9. The van der Waals surface area contributed by atoms with Crippen molar-refractivity contribution in [2.24, 2.45) is 57.2 Å². The van der Waals surface area contributed by atoms with Crippen LogP contribution in [0.15, 0.2) is 0 Å². The van der Waals surface area contributed by atoms with E-state index in [1.807, 2.05) is 0 Å². The number of epoxide rings is 1. The summed E-state index contributed by atoms with van der Waals surface area (Å²) in [5.74, 6) is 3.60. The van der Waals surface area contributed by atoms with Crippen LogP contribution in [-0.4, -0.2) is 36.0 Å². The predicted molar refractivity (Wildman–Crippen MR) is 137 cm³/mol. The van der Waals surface area contributed by atoms with E-state index in [1.54, 1.807) is 6.92 Å². The molecule has 6 aliphatic rings. The van der Waals surface area contributed by atoms with Gasteiger partial charge in [-0.05, 0) is 123 Å². The number of aliphatic hydroxyl groups is 1. The van der Waals surface area contributed by atoms with Crippen LogP contribution in [0.4, 0.5) is 0 Å². The van der Waals surface area contributed by atoms with Crippen molar-refractivity contribution in [3.8, 4) is 0 Å². The van der Waals surface area contributed by atoms with Gasteiger partial charge in [0.1, 0.15) is 0 Å². The summed E-state index contributed by atoms with van der Waals surface area (Å²) in [6.07, 6.45) is 12.2. The summed E-state index contributed by atoms with van der Waals surface area (Å²) in [6, 6.07) is 0. The second kappa shape index (κ2) is 7.71. The highest BCUT2D eigenvalue weighted by Gasteiger charge is 2.72. The normalized spacial score (nSPS) is 59.0. The molecule has 1 heterocycles. The molecule has 0 spiro atoms. The number of carbonyl (C=O) groups excluding carboxylic acids is 1.